The summed E-state index contributed by atoms with van der Waals surface area (Å²) in [5.74, 6) is 1.63. The van der Waals surface area contributed by atoms with Gasteiger partial charge in [0.05, 0.1) is 5.41 Å². The minimum atomic E-state index is -0.246. The number of piperidine rings is 1. The van der Waals surface area contributed by atoms with E-state index < -0.39 is 0 Å². The van der Waals surface area contributed by atoms with E-state index in [0.717, 1.165) is 31.6 Å². The van der Waals surface area contributed by atoms with E-state index in [1.54, 1.807) is 6.07 Å². The molecule has 2 amide bonds. The summed E-state index contributed by atoms with van der Waals surface area (Å²) in [6.45, 7) is 2.08. The van der Waals surface area contributed by atoms with Gasteiger partial charge in [0.1, 0.15) is 11.5 Å². The Hall–Kier alpha value is -2.82. The van der Waals surface area contributed by atoms with Crippen LogP contribution < -0.4 is 4.74 Å². The first-order valence-corrected chi connectivity index (χ1v) is 9.45. The molecule has 2 heterocycles. The minimum Gasteiger partial charge on any atom is -0.457 e. The van der Waals surface area contributed by atoms with Crippen molar-refractivity contribution < 1.29 is 14.3 Å². The quantitative estimate of drug-likeness (QED) is 0.837. The lowest BCUT2D eigenvalue weighted by Crippen LogP contribution is -2.46. The largest absolute Gasteiger partial charge is 0.457 e. The SMILES string of the molecule is CN1CCC2(CCN(C(=O)c3cccc(Oc4ccccc4)c3)CC2)C1=O. The van der Waals surface area contributed by atoms with Crippen LogP contribution in [0.5, 0.6) is 11.5 Å². The summed E-state index contributed by atoms with van der Waals surface area (Å²) in [7, 11) is 1.87. The fourth-order valence-electron chi connectivity index (χ4n) is 4.10. The van der Waals surface area contributed by atoms with Gasteiger partial charge in [0, 0.05) is 32.2 Å². The second-order valence-electron chi connectivity index (χ2n) is 7.49. The van der Waals surface area contributed by atoms with Crippen LogP contribution in [-0.2, 0) is 4.79 Å². The lowest BCUT2D eigenvalue weighted by Gasteiger charge is -2.37. The Bertz CT molecular complexity index is 842. The molecule has 0 aliphatic carbocycles. The van der Waals surface area contributed by atoms with Gasteiger partial charge in [-0.2, -0.15) is 0 Å². The molecule has 0 bridgehead atoms. The standard InChI is InChI=1S/C22H24N2O3/c1-23-13-10-22(21(23)26)11-14-24(15-12-22)20(25)17-6-5-9-19(16-17)27-18-7-3-2-4-8-18/h2-9,16H,10-15H2,1H3. The van der Waals surface area contributed by atoms with E-state index in [1.807, 2.05) is 65.4 Å². The van der Waals surface area contributed by atoms with Crippen LogP contribution >= 0.6 is 0 Å². The van der Waals surface area contributed by atoms with Crippen molar-refractivity contribution in [2.75, 3.05) is 26.7 Å². The van der Waals surface area contributed by atoms with Crippen LogP contribution in [0.15, 0.2) is 54.6 Å². The number of rotatable bonds is 3. The highest BCUT2D eigenvalue weighted by Crippen LogP contribution is 2.41. The number of hydrogen-bond donors (Lipinski definition) is 0. The number of likely N-dealkylation sites (tertiary alicyclic amines) is 2. The smallest absolute Gasteiger partial charge is 0.253 e. The number of carbonyl (C=O) groups is 2. The molecule has 0 atom stereocenters. The number of hydrogen-bond acceptors (Lipinski definition) is 3. The molecule has 2 saturated heterocycles. The summed E-state index contributed by atoms with van der Waals surface area (Å²) in [6.07, 6.45) is 2.41. The summed E-state index contributed by atoms with van der Waals surface area (Å²) >= 11 is 0. The summed E-state index contributed by atoms with van der Waals surface area (Å²) in [6, 6.07) is 16.8. The highest BCUT2D eigenvalue weighted by Gasteiger charge is 2.47. The van der Waals surface area contributed by atoms with Gasteiger partial charge in [-0.25, -0.2) is 0 Å². The molecule has 4 rings (SSSR count). The summed E-state index contributed by atoms with van der Waals surface area (Å²) in [5, 5.41) is 0. The van der Waals surface area contributed by atoms with Crippen molar-refractivity contribution >= 4 is 11.8 Å². The first kappa shape index (κ1) is 17.6. The molecule has 1 spiro atoms. The average molecular weight is 364 g/mol. The van der Waals surface area contributed by atoms with Gasteiger partial charge in [0.15, 0.2) is 0 Å². The zero-order valence-electron chi connectivity index (χ0n) is 15.6. The number of nitrogens with zero attached hydrogens (tertiary/aromatic N) is 2. The van der Waals surface area contributed by atoms with E-state index in [-0.39, 0.29) is 17.2 Å². The Morgan fingerprint density at radius 3 is 2.26 bits per heavy atom. The molecule has 2 aliphatic heterocycles. The van der Waals surface area contributed by atoms with Crippen molar-refractivity contribution in [2.24, 2.45) is 5.41 Å². The summed E-state index contributed by atoms with van der Waals surface area (Å²) in [5.41, 5.74) is 0.373. The molecule has 2 aromatic rings. The van der Waals surface area contributed by atoms with Gasteiger partial charge in [-0.05, 0) is 49.6 Å². The van der Waals surface area contributed by atoms with Gasteiger partial charge in [-0.15, -0.1) is 0 Å². The van der Waals surface area contributed by atoms with E-state index in [4.69, 9.17) is 4.74 Å². The van der Waals surface area contributed by atoms with Gasteiger partial charge < -0.3 is 14.5 Å². The maximum Gasteiger partial charge on any atom is 0.253 e. The Morgan fingerprint density at radius 2 is 1.59 bits per heavy atom. The lowest BCUT2D eigenvalue weighted by molar-refractivity contribution is -0.137. The average Bonchev–Trinajstić information content (AvgIpc) is 2.98. The zero-order valence-corrected chi connectivity index (χ0v) is 15.6. The molecule has 140 valence electrons. The highest BCUT2D eigenvalue weighted by atomic mass is 16.5. The summed E-state index contributed by atoms with van der Waals surface area (Å²) < 4.78 is 5.84. The van der Waals surface area contributed by atoms with Crippen LogP contribution in [-0.4, -0.2) is 48.3 Å². The van der Waals surface area contributed by atoms with Crippen molar-refractivity contribution in [3.8, 4) is 11.5 Å². The molecule has 2 aliphatic rings. The van der Waals surface area contributed by atoms with Crippen molar-refractivity contribution in [2.45, 2.75) is 19.3 Å². The number of ether oxygens (including phenoxy) is 1. The van der Waals surface area contributed by atoms with Crippen molar-refractivity contribution in [3.63, 3.8) is 0 Å². The molecule has 5 nitrogen and oxygen atoms in total. The van der Waals surface area contributed by atoms with Crippen LogP contribution in [0.3, 0.4) is 0 Å². The molecule has 0 radical (unpaired) electrons. The molecule has 0 saturated carbocycles. The maximum absolute atomic E-state index is 12.9. The van der Waals surface area contributed by atoms with Gasteiger partial charge in [0.2, 0.25) is 5.91 Å². The molecule has 2 aromatic carbocycles. The minimum absolute atomic E-state index is 0.00200. The van der Waals surface area contributed by atoms with Crippen LogP contribution in [0.25, 0.3) is 0 Å². The molecule has 0 aromatic heterocycles. The van der Waals surface area contributed by atoms with E-state index in [0.29, 0.717) is 24.4 Å². The predicted molar refractivity (Wildman–Crippen MR) is 103 cm³/mol. The topological polar surface area (TPSA) is 49.9 Å². The Morgan fingerprint density at radius 1 is 0.926 bits per heavy atom. The van der Waals surface area contributed by atoms with Crippen LogP contribution in [0.2, 0.25) is 0 Å². The molecular formula is C22H24N2O3. The summed E-state index contributed by atoms with van der Waals surface area (Å²) in [4.78, 5) is 29.1. The second kappa shape index (κ2) is 7.06. The number of benzene rings is 2. The van der Waals surface area contributed by atoms with E-state index in [9.17, 15) is 9.59 Å². The lowest BCUT2D eigenvalue weighted by atomic mass is 9.77. The molecule has 0 N–H and O–H groups in total. The van der Waals surface area contributed by atoms with E-state index >= 15 is 0 Å². The molecular weight excluding hydrogens is 340 g/mol. The molecule has 2 fully saturated rings. The Labute approximate surface area is 159 Å². The van der Waals surface area contributed by atoms with Crippen molar-refractivity contribution in [1.29, 1.82) is 0 Å². The number of amides is 2. The number of carbonyl (C=O) groups excluding carboxylic acids is 2. The highest BCUT2D eigenvalue weighted by molar-refractivity contribution is 5.95. The second-order valence-corrected chi connectivity index (χ2v) is 7.49. The Balaban J connectivity index is 1.43. The van der Waals surface area contributed by atoms with Gasteiger partial charge in [-0.1, -0.05) is 24.3 Å². The van der Waals surface area contributed by atoms with Crippen molar-refractivity contribution in [1.82, 2.24) is 9.80 Å². The van der Waals surface area contributed by atoms with Crippen LogP contribution in [0.1, 0.15) is 29.6 Å². The number of para-hydroxylation sites is 1. The van der Waals surface area contributed by atoms with E-state index in [2.05, 4.69) is 0 Å². The first-order valence-electron chi connectivity index (χ1n) is 9.45. The monoisotopic (exact) mass is 364 g/mol. The third-order valence-electron chi connectivity index (χ3n) is 5.79. The molecule has 5 heteroatoms. The third-order valence-corrected chi connectivity index (χ3v) is 5.79. The first-order chi connectivity index (χ1) is 13.1. The van der Waals surface area contributed by atoms with Gasteiger partial charge in [0.25, 0.3) is 5.91 Å². The van der Waals surface area contributed by atoms with Gasteiger partial charge >= 0.3 is 0 Å². The van der Waals surface area contributed by atoms with Crippen molar-refractivity contribution in [3.05, 3.63) is 60.2 Å². The molecule has 27 heavy (non-hydrogen) atoms. The fraction of sp³-hybridized carbons (Fsp3) is 0.364. The van der Waals surface area contributed by atoms with Crippen LogP contribution in [0.4, 0.5) is 0 Å². The Kier molecular flexibility index (Phi) is 4.60. The van der Waals surface area contributed by atoms with E-state index in [1.165, 1.54) is 0 Å². The predicted octanol–water partition coefficient (Wildman–Crippen LogP) is 3.56. The zero-order chi connectivity index (χ0) is 18.9. The third kappa shape index (κ3) is 3.42. The fourth-order valence-corrected chi connectivity index (χ4v) is 4.10. The maximum atomic E-state index is 12.9. The normalized spacial score (nSPS) is 18.8. The van der Waals surface area contributed by atoms with Gasteiger partial charge in [-0.3, -0.25) is 9.59 Å². The van der Waals surface area contributed by atoms with Crippen LogP contribution in [0, 0.1) is 5.41 Å². The molecule has 0 unspecified atom stereocenters.